The summed E-state index contributed by atoms with van der Waals surface area (Å²) in [6, 6.07) is 12.6. The largest absolute Gasteiger partial charge is 0.461 e. The van der Waals surface area contributed by atoms with Crippen LogP contribution in [0.3, 0.4) is 0 Å². The lowest BCUT2D eigenvalue weighted by atomic mass is 9.86. The van der Waals surface area contributed by atoms with Crippen LogP contribution in [0.4, 0.5) is 0 Å². The lowest BCUT2D eigenvalue weighted by Gasteiger charge is -2.18. The molecule has 1 aliphatic rings. The fourth-order valence-electron chi connectivity index (χ4n) is 3.28. The number of hydrogen-bond donors (Lipinski definition) is 1. The van der Waals surface area contributed by atoms with Crippen molar-refractivity contribution in [3.05, 3.63) is 53.2 Å². The van der Waals surface area contributed by atoms with Crippen LogP contribution in [0.5, 0.6) is 0 Å². The van der Waals surface area contributed by atoms with Gasteiger partial charge >= 0.3 is 5.97 Å². The number of fused-ring (bicyclic) bond motifs is 5. The van der Waals surface area contributed by atoms with Gasteiger partial charge in [0.05, 0.1) is 12.3 Å². The van der Waals surface area contributed by atoms with E-state index in [-0.39, 0.29) is 5.97 Å². The van der Waals surface area contributed by atoms with Gasteiger partial charge in [0.15, 0.2) is 0 Å². The SMILES string of the molecule is CCOC(=O)c1[nH]nc2c1CCc1c-2ccc2ccccc12. The summed E-state index contributed by atoms with van der Waals surface area (Å²) in [6.07, 6.45) is 1.72. The number of nitrogens with zero attached hydrogens (tertiary/aromatic N) is 1. The van der Waals surface area contributed by atoms with Crippen LogP contribution in [0.15, 0.2) is 36.4 Å². The molecule has 4 heteroatoms. The molecule has 0 fully saturated rings. The predicted octanol–water partition coefficient (Wildman–Crippen LogP) is 3.51. The van der Waals surface area contributed by atoms with E-state index in [4.69, 9.17) is 4.74 Å². The number of aryl methyl sites for hydroxylation is 1. The summed E-state index contributed by atoms with van der Waals surface area (Å²) in [4.78, 5) is 12.0. The first-order valence-electron chi connectivity index (χ1n) is 7.55. The van der Waals surface area contributed by atoms with Gasteiger partial charge in [0.25, 0.3) is 0 Å². The van der Waals surface area contributed by atoms with Gasteiger partial charge in [-0.15, -0.1) is 0 Å². The minimum absolute atomic E-state index is 0.319. The maximum atomic E-state index is 12.0. The van der Waals surface area contributed by atoms with E-state index in [1.807, 2.05) is 6.92 Å². The van der Waals surface area contributed by atoms with E-state index in [0.29, 0.717) is 12.3 Å². The molecule has 0 amide bonds. The van der Waals surface area contributed by atoms with E-state index in [1.54, 1.807) is 0 Å². The Kier molecular flexibility index (Phi) is 2.96. The van der Waals surface area contributed by atoms with E-state index in [9.17, 15) is 4.79 Å². The van der Waals surface area contributed by atoms with Gasteiger partial charge in [0, 0.05) is 11.1 Å². The number of benzene rings is 2. The van der Waals surface area contributed by atoms with Crippen molar-refractivity contribution in [2.24, 2.45) is 0 Å². The highest BCUT2D eigenvalue weighted by Gasteiger charge is 2.26. The Labute approximate surface area is 128 Å². The van der Waals surface area contributed by atoms with Crippen molar-refractivity contribution >= 4 is 16.7 Å². The van der Waals surface area contributed by atoms with Crippen molar-refractivity contribution in [1.82, 2.24) is 10.2 Å². The molecule has 1 heterocycles. The summed E-state index contributed by atoms with van der Waals surface area (Å²) in [6.45, 7) is 2.18. The molecule has 0 saturated carbocycles. The molecule has 4 rings (SSSR count). The fraction of sp³-hybridized carbons (Fsp3) is 0.222. The Morgan fingerprint density at radius 1 is 1.18 bits per heavy atom. The molecule has 4 nitrogen and oxygen atoms in total. The van der Waals surface area contributed by atoms with Crippen LogP contribution in [0.25, 0.3) is 22.0 Å². The predicted molar refractivity (Wildman–Crippen MR) is 84.9 cm³/mol. The van der Waals surface area contributed by atoms with Crippen molar-refractivity contribution in [2.75, 3.05) is 6.61 Å². The number of H-pyrrole nitrogens is 1. The standard InChI is InChI=1S/C18H16N2O2/c1-2-22-18(21)17-15-10-9-13-12-6-4-3-5-11(12)7-8-14(13)16(15)19-20-17/h3-8H,2,9-10H2,1H3,(H,19,20). The molecule has 0 radical (unpaired) electrons. The van der Waals surface area contributed by atoms with Gasteiger partial charge in [0.1, 0.15) is 5.69 Å². The van der Waals surface area contributed by atoms with Crippen LogP contribution in [0.1, 0.15) is 28.5 Å². The number of ether oxygens (including phenoxy) is 1. The second-order valence-electron chi connectivity index (χ2n) is 5.46. The molecule has 110 valence electrons. The van der Waals surface area contributed by atoms with Gasteiger partial charge < -0.3 is 4.74 Å². The second-order valence-corrected chi connectivity index (χ2v) is 5.46. The molecule has 2 aromatic carbocycles. The molecule has 0 bridgehead atoms. The quantitative estimate of drug-likeness (QED) is 0.735. The highest BCUT2D eigenvalue weighted by Crippen LogP contribution is 2.37. The Balaban J connectivity index is 1.89. The van der Waals surface area contributed by atoms with Gasteiger partial charge in [-0.2, -0.15) is 5.10 Å². The number of nitrogens with one attached hydrogen (secondary N) is 1. The summed E-state index contributed by atoms with van der Waals surface area (Å²) >= 11 is 0. The summed E-state index contributed by atoms with van der Waals surface area (Å²) in [5.74, 6) is -0.319. The van der Waals surface area contributed by atoms with E-state index in [2.05, 4.69) is 46.6 Å². The molecule has 0 aliphatic heterocycles. The van der Waals surface area contributed by atoms with Crippen LogP contribution in [-0.4, -0.2) is 22.8 Å². The van der Waals surface area contributed by atoms with Crippen molar-refractivity contribution < 1.29 is 9.53 Å². The topological polar surface area (TPSA) is 55.0 Å². The van der Waals surface area contributed by atoms with Crippen LogP contribution in [-0.2, 0) is 17.6 Å². The first-order valence-corrected chi connectivity index (χ1v) is 7.55. The van der Waals surface area contributed by atoms with Crippen LogP contribution >= 0.6 is 0 Å². The van der Waals surface area contributed by atoms with Gasteiger partial charge in [-0.05, 0) is 36.1 Å². The van der Waals surface area contributed by atoms with Gasteiger partial charge in [0.2, 0.25) is 0 Å². The zero-order chi connectivity index (χ0) is 15.1. The first kappa shape index (κ1) is 13.1. The van der Waals surface area contributed by atoms with Gasteiger partial charge in [-0.1, -0.05) is 36.4 Å². The van der Waals surface area contributed by atoms with Crippen LogP contribution in [0, 0.1) is 0 Å². The maximum Gasteiger partial charge on any atom is 0.356 e. The summed E-state index contributed by atoms with van der Waals surface area (Å²) in [5.41, 5.74) is 4.78. The molecule has 0 spiro atoms. The number of aromatic nitrogens is 2. The van der Waals surface area contributed by atoms with E-state index >= 15 is 0 Å². The molecule has 1 aromatic heterocycles. The first-order chi connectivity index (χ1) is 10.8. The Hall–Kier alpha value is -2.62. The molecular formula is C18H16N2O2. The third kappa shape index (κ3) is 1.84. The van der Waals surface area contributed by atoms with Crippen molar-refractivity contribution in [3.63, 3.8) is 0 Å². The highest BCUT2D eigenvalue weighted by molar-refractivity contribution is 5.96. The average molecular weight is 292 g/mol. The Morgan fingerprint density at radius 2 is 2.00 bits per heavy atom. The normalized spacial score (nSPS) is 12.8. The summed E-state index contributed by atoms with van der Waals surface area (Å²) < 4.78 is 5.10. The van der Waals surface area contributed by atoms with E-state index < -0.39 is 0 Å². The molecule has 0 unspecified atom stereocenters. The molecule has 1 aliphatic carbocycles. The molecular weight excluding hydrogens is 276 g/mol. The minimum Gasteiger partial charge on any atom is -0.461 e. The monoisotopic (exact) mass is 292 g/mol. The minimum atomic E-state index is -0.319. The zero-order valence-corrected chi connectivity index (χ0v) is 12.3. The molecule has 0 saturated heterocycles. The number of esters is 1. The lowest BCUT2D eigenvalue weighted by Crippen LogP contribution is -2.11. The third-order valence-corrected chi connectivity index (χ3v) is 4.27. The number of carbonyl (C=O) groups is 1. The Bertz CT molecular complexity index is 880. The molecule has 3 aromatic rings. The molecule has 0 atom stereocenters. The summed E-state index contributed by atoms with van der Waals surface area (Å²) in [7, 11) is 0. The number of carbonyl (C=O) groups excluding carboxylic acids is 1. The zero-order valence-electron chi connectivity index (χ0n) is 12.3. The van der Waals surface area contributed by atoms with Crippen LogP contribution in [0.2, 0.25) is 0 Å². The van der Waals surface area contributed by atoms with Gasteiger partial charge in [-0.25, -0.2) is 4.79 Å². The number of hydrogen-bond acceptors (Lipinski definition) is 3. The number of rotatable bonds is 2. The fourth-order valence-corrected chi connectivity index (χ4v) is 3.28. The third-order valence-electron chi connectivity index (χ3n) is 4.27. The number of aromatic amines is 1. The smallest absolute Gasteiger partial charge is 0.356 e. The van der Waals surface area contributed by atoms with Crippen molar-refractivity contribution in [2.45, 2.75) is 19.8 Å². The molecule has 22 heavy (non-hydrogen) atoms. The average Bonchev–Trinajstić information content (AvgIpc) is 2.99. The Morgan fingerprint density at radius 3 is 2.86 bits per heavy atom. The lowest BCUT2D eigenvalue weighted by molar-refractivity contribution is 0.0518. The van der Waals surface area contributed by atoms with E-state index in [0.717, 1.165) is 29.7 Å². The van der Waals surface area contributed by atoms with Crippen molar-refractivity contribution in [1.29, 1.82) is 0 Å². The highest BCUT2D eigenvalue weighted by atomic mass is 16.5. The maximum absolute atomic E-state index is 12.0. The van der Waals surface area contributed by atoms with Gasteiger partial charge in [-0.3, -0.25) is 5.10 Å². The van der Waals surface area contributed by atoms with Crippen LogP contribution < -0.4 is 0 Å². The molecule has 1 N–H and O–H groups in total. The van der Waals surface area contributed by atoms with Crippen molar-refractivity contribution in [3.8, 4) is 11.3 Å². The van der Waals surface area contributed by atoms with E-state index in [1.165, 1.54) is 16.3 Å². The second kappa shape index (κ2) is 4.98. The summed E-state index contributed by atoms with van der Waals surface area (Å²) in [5, 5.41) is 9.76.